The Bertz CT molecular complexity index is 817. The number of rotatable bonds is 6. The van der Waals surface area contributed by atoms with Crippen LogP contribution in [0.4, 0.5) is 18.9 Å². The van der Waals surface area contributed by atoms with Gasteiger partial charge in [0.1, 0.15) is 5.75 Å². The Morgan fingerprint density at radius 1 is 1.14 bits per heavy atom. The molecule has 0 spiro atoms. The highest BCUT2D eigenvalue weighted by Crippen LogP contribution is 2.31. The fraction of sp³-hybridized carbons (Fsp3) is 0.381. The third-order valence-corrected chi connectivity index (χ3v) is 5.07. The normalized spacial score (nSPS) is 15.2. The van der Waals surface area contributed by atoms with E-state index in [1.165, 1.54) is 12.1 Å². The van der Waals surface area contributed by atoms with Crippen LogP contribution >= 0.6 is 0 Å². The van der Waals surface area contributed by atoms with Crippen LogP contribution in [0.2, 0.25) is 0 Å². The molecule has 2 N–H and O–H groups in total. The fourth-order valence-electron chi connectivity index (χ4n) is 3.37. The third-order valence-electron chi connectivity index (χ3n) is 5.07. The highest BCUT2D eigenvalue weighted by molar-refractivity contribution is 5.76. The first kappa shape index (κ1) is 21.0. The Balaban J connectivity index is 1.45. The van der Waals surface area contributed by atoms with Crippen LogP contribution in [-0.2, 0) is 17.5 Å². The molecule has 0 radical (unpaired) electrons. The largest absolute Gasteiger partial charge is 0.497 e. The van der Waals surface area contributed by atoms with Gasteiger partial charge in [0.15, 0.2) is 6.54 Å². The summed E-state index contributed by atoms with van der Waals surface area (Å²) in [5.41, 5.74) is 0.925. The number of hydrogen-bond acceptors (Lipinski definition) is 3. The summed E-state index contributed by atoms with van der Waals surface area (Å²) in [4.78, 5) is 15.3. The lowest BCUT2D eigenvalue weighted by atomic mass is 10.1. The maximum atomic E-state index is 12.9. The minimum absolute atomic E-state index is 0.0386. The molecule has 8 heteroatoms. The van der Waals surface area contributed by atoms with Gasteiger partial charge in [0.25, 0.3) is 5.91 Å². The van der Waals surface area contributed by atoms with Crippen LogP contribution in [0, 0.1) is 0 Å². The lowest BCUT2D eigenvalue weighted by Crippen LogP contribution is -3.15. The molecule has 2 aromatic carbocycles. The molecule has 1 amide bonds. The van der Waals surface area contributed by atoms with Crippen LogP contribution < -0.4 is 19.9 Å². The van der Waals surface area contributed by atoms with E-state index in [2.05, 4.69) is 5.32 Å². The van der Waals surface area contributed by atoms with Gasteiger partial charge in [-0.2, -0.15) is 13.2 Å². The number of carbonyl (C=O) groups is 1. The average Bonchev–Trinajstić information content (AvgIpc) is 2.73. The number of ether oxygens (including phenoxy) is 1. The number of alkyl halides is 3. The molecule has 0 bridgehead atoms. The summed E-state index contributed by atoms with van der Waals surface area (Å²) in [7, 11) is 1.60. The molecule has 0 atom stereocenters. The van der Waals surface area contributed by atoms with Gasteiger partial charge in [-0.25, -0.2) is 0 Å². The first-order valence-electron chi connectivity index (χ1n) is 9.50. The molecule has 0 unspecified atom stereocenters. The van der Waals surface area contributed by atoms with Crippen LogP contribution in [0.15, 0.2) is 48.5 Å². The van der Waals surface area contributed by atoms with Crippen LogP contribution in [0.25, 0.3) is 0 Å². The maximum absolute atomic E-state index is 12.9. The van der Waals surface area contributed by atoms with Gasteiger partial charge in [-0.15, -0.1) is 0 Å². The zero-order valence-corrected chi connectivity index (χ0v) is 16.3. The second kappa shape index (κ2) is 9.17. The predicted molar refractivity (Wildman–Crippen MR) is 104 cm³/mol. The number of benzene rings is 2. The predicted octanol–water partition coefficient (Wildman–Crippen LogP) is 1.74. The van der Waals surface area contributed by atoms with E-state index in [0.717, 1.165) is 22.3 Å². The van der Waals surface area contributed by atoms with Crippen LogP contribution in [-0.4, -0.2) is 45.7 Å². The number of methoxy groups -OCH3 is 1. The van der Waals surface area contributed by atoms with E-state index in [1.54, 1.807) is 13.2 Å². The average molecular weight is 408 g/mol. The number of nitrogens with one attached hydrogen (secondary N) is 2. The van der Waals surface area contributed by atoms with Crippen LogP contribution in [0.1, 0.15) is 11.1 Å². The molecule has 29 heavy (non-hydrogen) atoms. The van der Waals surface area contributed by atoms with Crippen molar-refractivity contribution in [2.45, 2.75) is 12.7 Å². The number of halogens is 3. The van der Waals surface area contributed by atoms with Gasteiger partial charge in [-0.1, -0.05) is 18.2 Å². The van der Waals surface area contributed by atoms with Crippen molar-refractivity contribution in [3.63, 3.8) is 0 Å². The molecular formula is C21H25F3N3O2+. The quantitative estimate of drug-likeness (QED) is 0.766. The van der Waals surface area contributed by atoms with Gasteiger partial charge in [0.2, 0.25) is 0 Å². The SMILES string of the molecule is COc1ccc(CNC(=O)C[NH+]2CCN(c3cccc(C(F)(F)F)c3)CC2)cc1. The summed E-state index contributed by atoms with van der Waals surface area (Å²) >= 11 is 0. The first-order valence-corrected chi connectivity index (χ1v) is 9.50. The van der Waals surface area contributed by atoms with E-state index in [9.17, 15) is 18.0 Å². The second-order valence-corrected chi connectivity index (χ2v) is 7.09. The van der Waals surface area contributed by atoms with Crippen molar-refractivity contribution in [3.8, 4) is 5.75 Å². The van der Waals surface area contributed by atoms with Crippen molar-refractivity contribution in [2.75, 3.05) is 44.7 Å². The molecule has 1 aliphatic rings. The maximum Gasteiger partial charge on any atom is 0.416 e. The lowest BCUT2D eigenvalue weighted by molar-refractivity contribution is -0.892. The zero-order chi connectivity index (χ0) is 20.9. The number of quaternary nitrogens is 1. The van der Waals surface area contributed by atoms with E-state index >= 15 is 0 Å². The Morgan fingerprint density at radius 2 is 1.83 bits per heavy atom. The van der Waals surface area contributed by atoms with Crippen molar-refractivity contribution >= 4 is 11.6 Å². The summed E-state index contributed by atoms with van der Waals surface area (Å²) in [6.45, 7) is 3.43. The number of carbonyl (C=O) groups excluding carboxylic acids is 1. The topological polar surface area (TPSA) is 46.0 Å². The first-order chi connectivity index (χ1) is 13.8. The molecule has 0 saturated carbocycles. The van der Waals surface area contributed by atoms with Gasteiger partial charge in [0.05, 0.1) is 38.9 Å². The number of anilines is 1. The molecule has 0 aromatic heterocycles. The highest BCUT2D eigenvalue weighted by Gasteiger charge is 2.31. The summed E-state index contributed by atoms with van der Waals surface area (Å²) < 4.78 is 43.8. The summed E-state index contributed by atoms with van der Waals surface area (Å²) in [5, 5.41) is 2.91. The highest BCUT2D eigenvalue weighted by atomic mass is 19.4. The Labute approximate surface area is 168 Å². The zero-order valence-electron chi connectivity index (χ0n) is 16.3. The monoisotopic (exact) mass is 408 g/mol. The van der Waals surface area contributed by atoms with Crippen LogP contribution in [0.5, 0.6) is 5.75 Å². The van der Waals surface area contributed by atoms with Crippen molar-refractivity contribution < 1.29 is 27.6 Å². The molecule has 156 valence electrons. The van der Waals surface area contributed by atoms with E-state index in [-0.39, 0.29) is 5.91 Å². The lowest BCUT2D eigenvalue weighted by Gasteiger charge is -2.33. The number of nitrogens with zero attached hydrogens (tertiary/aromatic N) is 1. The smallest absolute Gasteiger partial charge is 0.416 e. The number of hydrogen-bond donors (Lipinski definition) is 2. The molecule has 3 rings (SSSR count). The van der Waals surface area contributed by atoms with E-state index in [4.69, 9.17) is 4.74 Å². The fourth-order valence-corrected chi connectivity index (χ4v) is 3.37. The van der Waals surface area contributed by atoms with Gasteiger partial charge < -0.3 is 19.9 Å². The molecular weight excluding hydrogens is 383 g/mol. The molecule has 2 aromatic rings. The third kappa shape index (κ3) is 5.87. The standard InChI is InChI=1S/C21H24F3N3O2/c1-29-19-7-5-16(6-8-19)14-25-20(28)15-26-9-11-27(12-10-26)18-4-2-3-17(13-18)21(22,23)24/h2-8,13H,9-12,14-15H2,1H3,(H,25,28)/p+1. The van der Waals surface area contributed by atoms with E-state index < -0.39 is 11.7 Å². The summed E-state index contributed by atoms with van der Waals surface area (Å²) in [6, 6.07) is 12.9. The van der Waals surface area contributed by atoms with Crippen molar-refractivity contribution in [1.29, 1.82) is 0 Å². The van der Waals surface area contributed by atoms with Crippen molar-refractivity contribution in [3.05, 3.63) is 59.7 Å². The van der Waals surface area contributed by atoms with Gasteiger partial charge >= 0.3 is 6.18 Å². The van der Waals surface area contributed by atoms with Gasteiger partial charge in [-0.05, 0) is 35.9 Å². The molecule has 1 fully saturated rings. The van der Waals surface area contributed by atoms with E-state index in [0.29, 0.717) is 45.0 Å². The summed E-state index contributed by atoms with van der Waals surface area (Å²) in [5.74, 6) is 0.728. The van der Waals surface area contributed by atoms with Gasteiger partial charge in [-0.3, -0.25) is 4.79 Å². The van der Waals surface area contributed by atoms with Gasteiger partial charge in [0, 0.05) is 12.2 Å². The Kier molecular flexibility index (Phi) is 6.64. The summed E-state index contributed by atoms with van der Waals surface area (Å²) in [6.07, 6.45) is -4.34. The Morgan fingerprint density at radius 3 is 2.45 bits per heavy atom. The molecule has 0 aliphatic carbocycles. The Hall–Kier alpha value is -2.74. The number of piperazine rings is 1. The molecule has 1 saturated heterocycles. The molecule has 5 nitrogen and oxygen atoms in total. The minimum atomic E-state index is -4.34. The molecule has 1 heterocycles. The number of amides is 1. The second-order valence-electron chi connectivity index (χ2n) is 7.09. The van der Waals surface area contributed by atoms with Crippen molar-refractivity contribution in [2.24, 2.45) is 0 Å². The van der Waals surface area contributed by atoms with Crippen molar-refractivity contribution in [1.82, 2.24) is 5.32 Å². The van der Waals surface area contributed by atoms with E-state index in [1.807, 2.05) is 29.2 Å². The minimum Gasteiger partial charge on any atom is -0.497 e. The molecule has 1 aliphatic heterocycles. The van der Waals surface area contributed by atoms with Crippen LogP contribution in [0.3, 0.4) is 0 Å².